The molecule has 4 rings (SSSR count). The molecule has 0 aliphatic carbocycles. The van der Waals surface area contributed by atoms with Gasteiger partial charge in [-0.15, -0.1) is 6.58 Å². The van der Waals surface area contributed by atoms with Crippen molar-refractivity contribution in [2.45, 2.75) is 46.5 Å². The topological polar surface area (TPSA) is 40.6 Å². The predicted molar refractivity (Wildman–Crippen MR) is 174 cm³/mol. The predicted octanol–water partition coefficient (Wildman–Crippen LogP) is 10.6. The minimum absolute atomic E-state index is 0.0528. The molecule has 0 bridgehead atoms. The molecular formula is C38H37N3O. The average Bonchev–Trinajstić information content (AvgIpc) is 3.00. The fraction of sp³-hybridized carbons (Fsp3) is 0.211. The van der Waals surface area contributed by atoms with Crippen molar-refractivity contribution in [2.24, 2.45) is 5.41 Å². The van der Waals surface area contributed by atoms with Crippen LogP contribution in [0.25, 0.3) is 10.9 Å². The summed E-state index contributed by atoms with van der Waals surface area (Å²) < 4.78 is 6.14. The van der Waals surface area contributed by atoms with Crippen LogP contribution in [0.2, 0.25) is 0 Å². The van der Waals surface area contributed by atoms with Crippen LogP contribution < -0.4 is 4.90 Å². The normalized spacial score (nSPS) is 14.2. The van der Waals surface area contributed by atoms with Gasteiger partial charge in [0.15, 0.2) is 0 Å². The largest absolute Gasteiger partial charge is 0.461 e. The molecule has 0 amide bonds. The summed E-state index contributed by atoms with van der Waals surface area (Å²) in [6, 6.07) is 29.6. The third-order valence-electron chi connectivity index (χ3n) is 6.97. The van der Waals surface area contributed by atoms with E-state index in [1.807, 2.05) is 51.1 Å². The third kappa shape index (κ3) is 7.78. The SMILES string of the molecule is [C-]#[N+]C(C#N)=C1C=C(C=Cc2ccc(N(c3ccccc3)c3ccc(CCCCC=C)cc3)cc2)OC(C(C)(C)C)=C1. The van der Waals surface area contributed by atoms with Crippen molar-refractivity contribution in [2.75, 3.05) is 4.90 Å². The molecule has 3 aromatic carbocycles. The summed E-state index contributed by atoms with van der Waals surface area (Å²) in [4.78, 5) is 5.65. The molecule has 0 fully saturated rings. The summed E-state index contributed by atoms with van der Waals surface area (Å²) in [5.74, 6) is 1.31. The van der Waals surface area contributed by atoms with Crippen LogP contribution >= 0.6 is 0 Å². The third-order valence-corrected chi connectivity index (χ3v) is 6.97. The second-order valence-electron chi connectivity index (χ2n) is 11.2. The fourth-order valence-electron chi connectivity index (χ4n) is 4.63. The van der Waals surface area contributed by atoms with Crippen molar-refractivity contribution >= 4 is 23.1 Å². The zero-order valence-corrected chi connectivity index (χ0v) is 24.7. The average molecular weight is 552 g/mol. The Morgan fingerprint density at radius 3 is 2.14 bits per heavy atom. The Labute approximate surface area is 250 Å². The molecule has 0 N–H and O–H groups in total. The number of hydrogen-bond donors (Lipinski definition) is 0. The van der Waals surface area contributed by atoms with E-state index in [0.29, 0.717) is 17.1 Å². The molecule has 210 valence electrons. The van der Waals surface area contributed by atoms with Gasteiger partial charge in [-0.05, 0) is 97.0 Å². The first-order valence-corrected chi connectivity index (χ1v) is 14.3. The maximum absolute atomic E-state index is 9.42. The number of unbranched alkanes of at least 4 members (excludes halogenated alkanes) is 2. The second kappa shape index (κ2) is 14.0. The number of allylic oxidation sites excluding steroid dienone is 7. The number of para-hydroxylation sites is 1. The Morgan fingerprint density at radius 1 is 0.905 bits per heavy atom. The molecule has 0 atom stereocenters. The smallest absolute Gasteiger partial charge is 0.269 e. The molecule has 1 aliphatic heterocycles. The Balaban J connectivity index is 1.58. The summed E-state index contributed by atoms with van der Waals surface area (Å²) in [5, 5.41) is 9.42. The molecule has 0 saturated carbocycles. The van der Waals surface area contributed by atoms with Crippen molar-refractivity contribution in [3.05, 3.63) is 155 Å². The summed E-state index contributed by atoms with van der Waals surface area (Å²) in [5.41, 5.74) is 5.96. The first-order valence-electron chi connectivity index (χ1n) is 14.3. The molecule has 0 saturated heterocycles. The fourth-order valence-corrected chi connectivity index (χ4v) is 4.63. The van der Waals surface area contributed by atoms with Gasteiger partial charge in [-0.3, -0.25) is 0 Å². The van der Waals surface area contributed by atoms with Crippen LogP contribution in [0.3, 0.4) is 0 Å². The molecule has 42 heavy (non-hydrogen) atoms. The molecule has 1 aliphatic rings. The molecule has 0 unspecified atom stereocenters. The Morgan fingerprint density at radius 2 is 1.55 bits per heavy atom. The van der Waals surface area contributed by atoms with Crippen molar-refractivity contribution in [1.82, 2.24) is 0 Å². The van der Waals surface area contributed by atoms with Crippen molar-refractivity contribution in [3.63, 3.8) is 0 Å². The highest BCUT2D eigenvalue weighted by Crippen LogP contribution is 2.36. The maximum Gasteiger partial charge on any atom is 0.269 e. The Hall–Kier alpha value is -5.06. The minimum Gasteiger partial charge on any atom is -0.461 e. The van der Waals surface area contributed by atoms with E-state index in [2.05, 4.69) is 89.1 Å². The first-order chi connectivity index (χ1) is 20.3. The number of nitriles is 1. The van der Waals surface area contributed by atoms with Crippen LogP contribution in [0, 0.1) is 23.3 Å². The molecular weight excluding hydrogens is 514 g/mol. The van der Waals surface area contributed by atoms with Gasteiger partial charge in [0.1, 0.15) is 11.5 Å². The van der Waals surface area contributed by atoms with Crippen molar-refractivity contribution < 1.29 is 4.74 Å². The monoisotopic (exact) mass is 551 g/mol. The lowest BCUT2D eigenvalue weighted by Gasteiger charge is -2.26. The first kappa shape index (κ1) is 29.9. The highest BCUT2D eigenvalue weighted by molar-refractivity contribution is 5.77. The quantitative estimate of drug-likeness (QED) is 0.109. The molecule has 0 radical (unpaired) electrons. The number of ether oxygens (including phenoxy) is 1. The maximum atomic E-state index is 9.42. The molecule has 1 heterocycles. The number of benzene rings is 3. The van der Waals surface area contributed by atoms with E-state index < -0.39 is 0 Å². The molecule has 3 aromatic rings. The Bertz CT molecular complexity index is 1570. The lowest BCUT2D eigenvalue weighted by Crippen LogP contribution is -2.14. The van der Waals surface area contributed by atoms with Gasteiger partial charge < -0.3 is 9.64 Å². The number of anilines is 3. The lowest BCUT2D eigenvalue weighted by atomic mass is 9.91. The van der Waals surface area contributed by atoms with E-state index in [9.17, 15) is 5.26 Å². The van der Waals surface area contributed by atoms with Crippen LogP contribution in [0.15, 0.2) is 133 Å². The van der Waals surface area contributed by atoms with Crippen LogP contribution in [0.5, 0.6) is 0 Å². The van der Waals surface area contributed by atoms with E-state index in [1.54, 1.807) is 12.2 Å². The van der Waals surface area contributed by atoms with Crippen LogP contribution in [0.4, 0.5) is 17.1 Å². The van der Waals surface area contributed by atoms with E-state index in [0.717, 1.165) is 41.9 Å². The van der Waals surface area contributed by atoms with Gasteiger partial charge in [0.2, 0.25) is 0 Å². The van der Waals surface area contributed by atoms with Gasteiger partial charge >= 0.3 is 0 Å². The molecule has 0 spiro atoms. The van der Waals surface area contributed by atoms with E-state index in [1.165, 1.54) is 12.0 Å². The summed E-state index contributed by atoms with van der Waals surface area (Å²) in [6.07, 6.45) is 13.8. The van der Waals surface area contributed by atoms with E-state index in [4.69, 9.17) is 11.3 Å². The number of nitrogens with zero attached hydrogens (tertiary/aromatic N) is 3. The Kier molecular flexibility index (Phi) is 9.99. The zero-order valence-electron chi connectivity index (χ0n) is 24.7. The minimum atomic E-state index is -0.270. The van der Waals surface area contributed by atoms with Gasteiger partial charge in [-0.2, -0.15) is 0 Å². The van der Waals surface area contributed by atoms with E-state index >= 15 is 0 Å². The van der Waals surface area contributed by atoms with Crippen molar-refractivity contribution in [3.8, 4) is 6.07 Å². The van der Waals surface area contributed by atoms with Crippen LogP contribution in [0.1, 0.15) is 51.2 Å². The summed E-state index contributed by atoms with van der Waals surface area (Å²) in [6.45, 7) is 17.3. The molecule has 4 nitrogen and oxygen atoms in total. The number of rotatable bonds is 10. The van der Waals surface area contributed by atoms with E-state index in [-0.39, 0.29) is 11.1 Å². The lowest BCUT2D eigenvalue weighted by molar-refractivity contribution is 0.223. The summed E-state index contributed by atoms with van der Waals surface area (Å²) in [7, 11) is 0. The molecule has 0 aromatic heterocycles. The van der Waals surface area contributed by atoms with Gasteiger partial charge in [0.25, 0.3) is 5.70 Å². The number of aryl methyl sites for hydroxylation is 1. The van der Waals surface area contributed by atoms with Gasteiger partial charge in [0.05, 0.1) is 12.6 Å². The zero-order chi connectivity index (χ0) is 30.0. The highest BCUT2D eigenvalue weighted by Gasteiger charge is 2.24. The van der Waals surface area contributed by atoms with Crippen LogP contribution in [-0.2, 0) is 11.2 Å². The molecule has 4 heteroatoms. The second-order valence-corrected chi connectivity index (χ2v) is 11.2. The van der Waals surface area contributed by atoms with Gasteiger partial charge in [0, 0.05) is 22.5 Å². The summed E-state index contributed by atoms with van der Waals surface area (Å²) >= 11 is 0. The highest BCUT2D eigenvalue weighted by atomic mass is 16.5. The standard InChI is InChI=1S/C38H37N3O/c1-6-7-8-10-13-29-16-21-33(22-17-29)41(32-14-11-9-12-15-32)34-23-18-30(19-24-34)20-25-35-26-31(36(28-39)40-5)27-37(42-35)38(2,3)4/h6,9,11-12,14-27H,1,7-8,10,13H2,2-4H3. The number of hydrogen-bond acceptors (Lipinski definition) is 3. The van der Waals surface area contributed by atoms with Crippen LogP contribution in [-0.4, -0.2) is 0 Å². The van der Waals surface area contributed by atoms with Gasteiger partial charge in [-0.25, -0.2) is 10.1 Å². The van der Waals surface area contributed by atoms with Gasteiger partial charge in [-0.1, -0.05) is 75.4 Å². The van der Waals surface area contributed by atoms with Crippen molar-refractivity contribution in [1.29, 1.82) is 5.26 Å².